The number of para-hydroxylation sites is 1. The Labute approximate surface area is 231 Å². The summed E-state index contributed by atoms with van der Waals surface area (Å²) < 4.78 is 11.4. The number of piperazine rings is 1. The van der Waals surface area contributed by atoms with Gasteiger partial charge in [0.1, 0.15) is 18.2 Å². The van der Waals surface area contributed by atoms with Crippen LogP contribution in [0, 0.1) is 11.3 Å². The third-order valence-corrected chi connectivity index (χ3v) is 6.86. The predicted molar refractivity (Wildman–Crippen MR) is 148 cm³/mol. The number of anilines is 1. The topological polar surface area (TPSA) is 65.8 Å². The Morgan fingerprint density at radius 2 is 1.73 bits per heavy atom. The average Bonchev–Trinajstić information content (AvgIpc) is 2.92. The second-order valence-corrected chi connectivity index (χ2v) is 9.59. The number of benzene rings is 3. The summed E-state index contributed by atoms with van der Waals surface area (Å²) in [5, 5.41) is 11.0. The van der Waals surface area contributed by atoms with Crippen molar-refractivity contribution in [2.24, 2.45) is 0 Å². The molecule has 1 amide bonds. The van der Waals surface area contributed by atoms with Gasteiger partial charge in [-0.25, -0.2) is 0 Å². The van der Waals surface area contributed by atoms with E-state index in [4.69, 9.17) is 44.3 Å². The lowest BCUT2D eigenvalue weighted by Crippen LogP contribution is -2.49. The summed E-state index contributed by atoms with van der Waals surface area (Å²) in [6.07, 6.45) is 1.51. The SMILES string of the molecule is COc1cc(/C=C(/C#N)C(=O)N2CCN(c3ccccc3)CC2)cc(Cl)c1OCc1ccc(Cl)cc1Cl. The van der Waals surface area contributed by atoms with Crippen LogP contribution in [-0.2, 0) is 11.4 Å². The molecule has 1 heterocycles. The number of carbonyl (C=O) groups is 1. The average molecular weight is 557 g/mol. The van der Waals surface area contributed by atoms with Gasteiger partial charge in [-0.1, -0.05) is 59.1 Å². The maximum atomic E-state index is 13.1. The Balaban J connectivity index is 1.47. The highest BCUT2D eigenvalue weighted by atomic mass is 35.5. The number of ether oxygens (including phenoxy) is 2. The molecule has 0 N–H and O–H groups in total. The monoisotopic (exact) mass is 555 g/mol. The molecule has 4 rings (SSSR count). The van der Waals surface area contributed by atoms with E-state index in [1.165, 1.54) is 13.2 Å². The molecule has 0 aromatic heterocycles. The van der Waals surface area contributed by atoms with Gasteiger partial charge >= 0.3 is 0 Å². The highest BCUT2D eigenvalue weighted by Gasteiger charge is 2.24. The van der Waals surface area contributed by atoms with Crippen molar-refractivity contribution < 1.29 is 14.3 Å². The molecule has 1 fully saturated rings. The summed E-state index contributed by atoms with van der Waals surface area (Å²) in [7, 11) is 1.49. The first-order chi connectivity index (χ1) is 17.9. The van der Waals surface area contributed by atoms with E-state index in [2.05, 4.69) is 4.90 Å². The van der Waals surface area contributed by atoms with Gasteiger partial charge in [0, 0.05) is 47.5 Å². The summed E-state index contributed by atoms with van der Waals surface area (Å²) in [6, 6.07) is 20.5. The van der Waals surface area contributed by atoms with Gasteiger partial charge in [-0.3, -0.25) is 4.79 Å². The van der Waals surface area contributed by atoms with Crippen LogP contribution < -0.4 is 14.4 Å². The molecular weight excluding hydrogens is 533 g/mol. The molecular formula is C28H24Cl3N3O3. The molecule has 0 spiro atoms. The van der Waals surface area contributed by atoms with Crippen molar-refractivity contribution in [2.45, 2.75) is 6.61 Å². The second kappa shape index (κ2) is 12.2. The molecule has 0 saturated carbocycles. The van der Waals surface area contributed by atoms with Gasteiger partial charge in [0.25, 0.3) is 5.91 Å². The number of methoxy groups -OCH3 is 1. The first-order valence-electron chi connectivity index (χ1n) is 11.5. The Morgan fingerprint density at radius 1 is 1.00 bits per heavy atom. The number of nitrogens with zero attached hydrogens (tertiary/aromatic N) is 3. The van der Waals surface area contributed by atoms with E-state index in [9.17, 15) is 10.1 Å². The maximum absolute atomic E-state index is 13.1. The van der Waals surface area contributed by atoms with Crippen molar-refractivity contribution in [3.63, 3.8) is 0 Å². The van der Waals surface area contributed by atoms with Crippen LogP contribution in [0.25, 0.3) is 6.08 Å². The molecule has 6 nitrogen and oxygen atoms in total. The van der Waals surface area contributed by atoms with Gasteiger partial charge in [0.05, 0.1) is 12.1 Å². The van der Waals surface area contributed by atoms with Crippen molar-refractivity contribution in [2.75, 3.05) is 38.2 Å². The number of amides is 1. The quantitative estimate of drug-likeness (QED) is 0.246. The predicted octanol–water partition coefficient (Wildman–Crippen LogP) is 6.49. The minimum absolute atomic E-state index is 0.0212. The van der Waals surface area contributed by atoms with Gasteiger partial charge in [0.15, 0.2) is 11.5 Å². The molecule has 3 aromatic rings. The highest BCUT2D eigenvalue weighted by Crippen LogP contribution is 2.38. The van der Waals surface area contributed by atoms with E-state index in [1.807, 2.05) is 36.4 Å². The van der Waals surface area contributed by atoms with Crippen LogP contribution in [0.4, 0.5) is 5.69 Å². The molecule has 3 aromatic carbocycles. The minimum Gasteiger partial charge on any atom is -0.493 e. The molecule has 1 saturated heterocycles. The van der Waals surface area contributed by atoms with Crippen LogP contribution in [-0.4, -0.2) is 44.1 Å². The van der Waals surface area contributed by atoms with Crippen LogP contribution >= 0.6 is 34.8 Å². The Morgan fingerprint density at radius 3 is 2.38 bits per heavy atom. The molecule has 1 aliphatic rings. The zero-order chi connectivity index (χ0) is 26.4. The zero-order valence-corrected chi connectivity index (χ0v) is 22.4. The molecule has 1 aliphatic heterocycles. The summed E-state index contributed by atoms with van der Waals surface area (Å²) >= 11 is 18.7. The normalized spacial score (nSPS) is 13.8. The molecule has 190 valence electrons. The number of rotatable bonds is 7. The van der Waals surface area contributed by atoms with Crippen molar-refractivity contribution in [3.05, 3.63) is 92.4 Å². The molecule has 37 heavy (non-hydrogen) atoms. The largest absolute Gasteiger partial charge is 0.493 e. The van der Waals surface area contributed by atoms with Crippen LogP contribution in [0.3, 0.4) is 0 Å². The number of nitriles is 1. The smallest absolute Gasteiger partial charge is 0.264 e. The molecule has 0 radical (unpaired) electrons. The van der Waals surface area contributed by atoms with E-state index >= 15 is 0 Å². The lowest BCUT2D eigenvalue weighted by molar-refractivity contribution is -0.126. The van der Waals surface area contributed by atoms with Crippen LogP contribution in [0.1, 0.15) is 11.1 Å². The van der Waals surface area contributed by atoms with E-state index in [-0.39, 0.29) is 23.1 Å². The van der Waals surface area contributed by atoms with E-state index in [1.54, 1.807) is 35.2 Å². The third-order valence-electron chi connectivity index (χ3n) is 5.99. The zero-order valence-electron chi connectivity index (χ0n) is 20.1. The number of hydrogen-bond donors (Lipinski definition) is 0. The van der Waals surface area contributed by atoms with Gasteiger partial charge in [-0.2, -0.15) is 5.26 Å². The molecule has 9 heteroatoms. The standard InChI is InChI=1S/C28H24Cl3N3O3/c1-36-26-15-19(14-25(31)27(26)37-18-20-7-8-22(29)16-24(20)30)13-21(17-32)28(35)34-11-9-33(10-12-34)23-5-3-2-4-6-23/h2-8,13-16H,9-12,18H2,1H3/b21-13-. The highest BCUT2D eigenvalue weighted by molar-refractivity contribution is 6.35. The number of halogens is 3. The molecule has 0 atom stereocenters. The Hall–Kier alpha value is -3.37. The summed E-state index contributed by atoms with van der Waals surface area (Å²) in [5.74, 6) is 0.377. The molecule has 0 bridgehead atoms. The maximum Gasteiger partial charge on any atom is 0.264 e. The lowest BCUT2D eigenvalue weighted by Gasteiger charge is -2.36. The fourth-order valence-electron chi connectivity index (χ4n) is 4.04. The second-order valence-electron chi connectivity index (χ2n) is 8.34. The van der Waals surface area contributed by atoms with Crippen molar-refractivity contribution >= 4 is 52.5 Å². The first-order valence-corrected chi connectivity index (χ1v) is 12.7. The van der Waals surface area contributed by atoms with Crippen molar-refractivity contribution in [3.8, 4) is 17.6 Å². The fourth-order valence-corrected chi connectivity index (χ4v) is 4.77. The first kappa shape index (κ1) is 26.7. The van der Waals surface area contributed by atoms with Crippen LogP contribution in [0.15, 0.2) is 66.2 Å². The molecule has 0 aliphatic carbocycles. The van der Waals surface area contributed by atoms with Crippen LogP contribution in [0.5, 0.6) is 11.5 Å². The summed E-state index contributed by atoms with van der Waals surface area (Å²) in [6.45, 7) is 2.58. The summed E-state index contributed by atoms with van der Waals surface area (Å²) in [4.78, 5) is 17.0. The van der Waals surface area contributed by atoms with Crippen LogP contribution in [0.2, 0.25) is 15.1 Å². The summed E-state index contributed by atoms with van der Waals surface area (Å²) in [5.41, 5.74) is 2.42. The Kier molecular flexibility index (Phi) is 8.83. The van der Waals surface area contributed by atoms with Gasteiger partial charge < -0.3 is 19.3 Å². The minimum atomic E-state index is -0.317. The van der Waals surface area contributed by atoms with E-state index < -0.39 is 0 Å². The van der Waals surface area contributed by atoms with Crippen molar-refractivity contribution in [1.29, 1.82) is 5.26 Å². The molecule has 0 unspecified atom stereocenters. The number of hydrogen-bond acceptors (Lipinski definition) is 5. The lowest BCUT2D eigenvalue weighted by atomic mass is 10.1. The number of carbonyl (C=O) groups excluding carboxylic acids is 1. The van der Waals surface area contributed by atoms with Gasteiger partial charge in [-0.15, -0.1) is 0 Å². The van der Waals surface area contributed by atoms with Gasteiger partial charge in [-0.05, 0) is 48.0 Å². The van der Waals surface area contributed by atoms with E-state index in [0.29, 0.717) is 53.3 Å². The van der Waals surface area contributed by atoms with E-state index in [0.717, 1.165) is 11.3 Å². The van der Waals surface area contributed by atoms with Gasteiger partial charge in [0.2, 0.25) is 0 Å². The Bertz CT molecular complexity index is 1350. The third kappa shape index (κ3) is 6.50. The van der Waals surface area contributed by atoms with Crippen molar-refractivity contribution in [1.82, 2.24) is 4.90 Å². The fraction of sp³-hybridized carbons (Fsp3) is 0.214.